The van der Waals surface area contributed by atoms with Crippen molar-refractivity contribution in [3.05, 3.63) is 48.5 Å². The Labute approximate surface area is 144 Å². The van der Waals surface area contributed by atoms with Crippen molar-refractivity contribution < 1.29 is 17.4 Å². The van der Waals surface area contributed by atoms with Crippen molar-refractivity contribution in [2.45, 2.75) is 27.7 Å². The van der Waals surface area contributed by atoms with Crippen LogP contribution in [-0.4, -0.2) is 24.6 Å². The second-order valence-corrected chi connectivity index (χ2v) is 10.4. The van der Waals surface area contributed by atoms with Crippen LogP contribution in [0.1, 0.15) is 27.7 Å². The number of rotatable bonds is 6. The molecule has 0 atom stereocenters. The van der Waals surface area contributed by atoms with Gasteiger partial charge in [-0.05, 0) is 24.6 Å². The van der Waals surface area contributed by atoms with Gasteiger partial charge in [0.25, 0.3) is 0 Å². The summed E-state index contributed by atoms with van der Waals surface area (Å²) in [6, 6.07) is 17.5. The maximum absolute atomic E-state index is 2.28. The zero-order valence-corrected chi connectivity index (χ0v) is 16.8. The summed E-state index contributed by atoms with van der Waals surface area (Å²) in [6.45, 7) is 9.12. The molecule has 116 valence electrons. The van der Waals surface area contributed by atoms with Crippen molar-refractivity contribution in [3.8, 4) is 0 Å². The Morgan fingerprint density at radius 2 is 1.05 bits per heavy atom. The molecule has 0 bridgehead atoms. The van der Waals surface area contributed by atoms with E-state index in [0.29, 0.717) is 0 Å². The maximum atomic E-state index is 2.28. The monoisotopic (exact) mass is 358 g/mol. The summed E-state index contributed by atoms with van der Waals surface area (Å²) in [6.07, 6.45) is 5.32. The van der Waals surface area contributed by atoms with Gasteiger partial charge in [0.15, 0.2) is 0 Å². The predicted octanol–water partition coefficient (Wildman–Crippen LogP) is 5.10. The van der Waals surface area contributed by atoms with Crippen LogP contribution in [0, 0.1) is 0 Å². The molecular formula is C18H28CrP2. The third-order valence-corrected chi connectivity index (χ3v) is 8.66. The molecule has 0 radical (unpaired) electrons. The molecule has 0 aliphatic rings. The zero-order valence-electron chi connectivity index (χ0n) is 13.7. The Balaban J connectivity index is 0.000000364. The Kier molecular flexibility index (Phi) is 12.7. The summed E-state index contributed by atoms with van der Waals surface area (Å²) in [5.41, 5.74) is 0. The van der Waals surface area contributed by atoms with Crippen LogP contribution >= 0.6 is 15.8 Å². The van der Waals surface area contributed by atoms with Crippen molar-refractivity contribution in [1.29, 1.82) is 0 Å². The van der Waals surface area contributed by atoms with Gasteiger partial charge in [-0.15, -0.1) is 26.5 Å². The molecule has 2 aromatic rings. The van der Waals surface area contributed by atoms with Gasteiger partial charge < -0.3 is 0 Å². The van der Waals surface area contributed by atoms with Gasteiger partial charge in [0.1, 0.15) is 0 Å². The van der Waals surface area contributed by atoms with E-state index in [9.17, 15) is 0 Å². The van der Waals surface area contributed by atoms with Gasteiger partial charge in [-0.3, -0.25) is 0 Å². The minimum Gasteiger partial charge on any atom is -0.213 e. The molecule has 2 rings (SSSR count). The third-order valence-electron chi connectivity index (χ3n) is 3.55. The third kappa shape index (κ3) is 7.26. The molecule has 0 aromatic heterocycles. The van der Waals surface area contributed by atoms with E-state index >= 15 is 0 Å². The summed E-state index contributed by atoms with van der Waals surface area (Å²) >= 11 is 0. The first-order valence-corrected chi connectivity index (χ1v) is 11.1. The van der Waals surface area contributed by atoms with Gasteiger partial charge in [-0.2, -0.15) is 24.3 Å². The van der Waals surface area contributed by atoms with E-state index in [4.69, 9.17) is 0 Å². The number of hydrogen-bond acceptors (Lipinski definition) is 0. The Hall–Kier alpha value is 0.0925. The van der Waals surface area contributed by atoms with E-state index < -0.39 is 0 Å². The van der Waals surface area contributed by atoms with Gasteiger partial charge in [0, 0.05) is 0 Å². The van der Waals surface area contributed by atoms with Crippen molar-refractivity contribution in [1.82, 2.24) is 0 Å². The van der Waals surface area contributed by atoms with Crippen LogP contribution < -0.4 is 10.6 Å². The Morgan fingerprint density at radius 1 is 0.714 bits per heavy atom. The molecular weight excluding hydrogens is 330 g/mol. The fourth-order valence-corrected chi connectivity index (χ4v) is 5.87. The molecule has 0 aliphatic heterocycles. The van der Waals surface area contributed by atoms with Gasteiger partial charge in [-0.25, -0.2) is 24.3 Å². The summed E-state index contributed by atoms with van der Waals surface area (Å²) < 4.78 is 0. The molecule has 0 N–H and O–H groups in total. The second kappa shape index (κ2) is 12.6. The van der Waals surface area contributed by atoms with Crippen molar-refractivity contribution in [3.63, 3.8) is 0 Å². The summed E-state index contributed by atoms with van der Waals surface area (Å²) in [7, 11) is 0.371. The smallest absolute Gasteiger partial charge is 0.213 e. The average Bonchev–Trinajstić information content (AvgIpc) is 3.15. The van der Waals surface area contributed by atoms with E-state index in [1.165, 1.54) is 24.6 Å². The topological polar surface area (TPSA) is 0 Å². The van der Waals surface area contributed by atoms with Crippen LogP contribution in [-0.2, 0) is 17.4 Å². The minimum atomic E-state index is 0. The van der Waals surface area contributed by atoms with Crippen LogP contribution in [0.5, 0.6) is 0 Å². The van der Waals surface area contributed by atoms with Gasteiger partial charge in [-0.1, -0.05) is 27.7 Å². The first kappa shape index (κ1) is 21.1. The number of hydrogen-bond donors (Lipinski definition) is 0. The molecule has 21 heavy (non-hydrogen) atoms. The van der Waals surface area contributed by atoms with Crippen LogP contribution in [0.2, 0.25) is 0 Å². The molecule has 2 aromatic carbocycles. The molecule has 0 saturated heterocycles. The molecule has 0 amide bonds. The molecule has 3 heteroatoms. The largest absolute Gasteiger partial charge is 2.00 e. The van der Waals surface area contributed by atoms with E-state index in [-0.39, 0.29) is 33.2 Å². The first-order chi connectivity index (χ1) is 9.76. The fourth-order valence-electron chi connectivity index (χ4n) is 2.33. The second-order valence-electron chi connectivity index (χ2n) is 4.63. The standard InChI is InChI=1S/2C9H14P.Cr/c2*1-3-10(4-2)9-7-5-6-8-9;/h2*5-8H,3-4H2,1-2H3;/q2*-1;+2. The summed E-state index contributed by atoms with van der Waals surface area (Å²) in [5, 5.41) is 3.14. The van der Waals surface area contributed by atoms with Gasteiger partial charge >= 0.3 is 17.4 Å². The normalized spacial score (nSPS) is 10.2. The first-order valence-electron chi connectivity index (χ1n) is 7.70. The minimum absolute atomic E-state index is 0. The predicted molar refractivity (Wildman–Crippen MR) is 99.3 cm³/mol. The average molecular weight is 358 g/mol. The summed E-state index contributed by atoms with van der Waals surface area (Å²) in [5.74, 6) is 0. The molecule has 0 nitrogen and oxygen atoms in total. The van der Waals surface area contributed by atoms with Crippen molar-refractivity contribution in [2.24, 2.45) is 0 Å². The van der Waals surface area contributed by atoms with Crippen molar-refractivity contribution >= 4 is 26.5 Å². The quantitative estimate of drug-likeness (QED) is 0.498. The SMILES string of the molecule is CCP(CC)c1ccc[cH-]1.CCP(CC)c1ccc[cH-]1.[Cr+2]. The van der Waals surface area contributed by atoms with Gasteiger partial charge in [0.2, 0.25) is 0 Å². The molecule has 0 saturated carbocycles. The Bertz CT molecular complexity index is 370. The van der Waals surface area contributed by atoms with E-state index in [2.05, 4.69) is 76.2 Å². The molecule has 0 unspecified atom stereocenters. The molecule has 0 spiro atoms. The van der Waals surface area contributed by atoms with E-state index in [0.717, 1.165) is 0 Å². The van der Waals surface area contributed by atoms with E-state index in [1.807, 2.05) is 0 Å². The van der Waals surface area contributed by atoms with Gasteiger partial charge in [0.05, 0.1) is 0 Å². The molecule has 0 heterocycles. The molecule has 0 aliphatic carbocycles. The van der Waals surface area contributed by atoms with Crippen molar-refractivity contribution in [2.75, 3.05) is 24.6 Å². The zero-order chi connectivity index (χ0) is 14.8. The summed E-state index contributed by atoms with van der Waals surface area (Å²) in [4.78, 5) is 0. The van der Waals surface area contributed by atoms with Crippen LogP contribution in [0.15, 0.2) is 48.5 Å². The van der Waals surface area contributed by atoms with Crippen LogP contribution in [0.4, 0.5) is 0 Å². The van der Waals surface area contributed by atoms with Crippen LogP contribution in [0.25, 0.3) is 0 Å². The van der Waals surface area contributed by atoms with Crippen LogP contribution in [0.3, 0.4) is 0 Å². The van der Waals surface area contributed by atoms with E-state index in [1.54, 1.807) is 10.6 Å². The Morgan fingerprint density at radius 3 is 1.24 bits per heavy atom. The fraction of sp³-hybridized carbons (Fsp3) is 0.444. The molecule has 0 fully saturated rings. The maximum Gasteiger partial charge on any atom is 2.00 e.